The first-order valence-corrected chi connectivity index (χ1v) is 6.54. The molecule has 1 rings (SSSR count). The fraction of sp³-hybridized carbons (Fsp3) is 0.917. The molecule has 0 aliphatic carbocycles. The van der Waals surface area contributed by atoms with E-state index in [2.05, 4.69) is 0 Å². The van der Waals surface area contributed by atoms with Crippen molar-refractivity contribution in [3.8, 4) is 0 Å². The quantitative estimate of drug-likeness (QED) is 0.351. The Morgan fingerprint density at radius 1 is 1.20 bits per heavy atom. The lowest BCUT2D eigenvalue weighted by Gasteiger charge is -2.37. The fourth-order valence-corrected chi connectivity index (χ4v) is 1.86. The van der Waals surface area contributed by atoms with E-state index in [9.17, 15) is 25.2 Å². The average Bonchev–Trinajstić information content (AvgIpc) is 2.38. The monoisotopic (exact) mass is 294 g/mol. The van der Waals surface area contributed by atoms with E-state index in [1.54, 1.807) is 6.92 Å². The largest absolute Gasteiger partial charge is 0.463 e. The predicted octanol–water partition coefficient (Wildman–Crippen LogP) is -2.12. The molecule has 1 aliphatic rings. The van der Waals surface area contributed by atoms with Crippen molar-refractivity contribution >= 4 is 5.97 Å². The minimum absolute atomic E-state index is 0.113. The number of carbonyl (C=O) groups excluding carboxylic acids is 1. The Bertz CT molecular complexity index is 308. The predicted molar refractivity (Wildman–Crippen MR) is 65.4 cm³/mol. The molecule has 0 saturated carbocycles. The summed E-state index contributed by atoms with van der Waals surface area (Å²) in [6.07, 6.45) is -6.83. The van der Waals surface area contributed by atoms with Crippen LogP contribution in [0.25, 0.3) is 0 Å². The maximum Gasteiger partial charge on any atom is 0.305 e. The highest BCUT2D eigenvalue weighted by Gasteiger charge is 2.43. The van der Waals surface area contributed by atoms with Crippen LogP contribution in [0.1, 0.15) is 26.2 Å². The van der Waals surface area contributed by atoms with Gasteiger partial charge in [-0.25, -0.2) is 0 Å². The third kappa shape index (κ3) is 4.97. The van der Waals surface area contributed by atoms with Gasteiger partial charge in [0.2, 0.25) is 0 Å². The molecule has 0 amide bonds. The first kappa shape index (κ1) is 17.3. The number of esters is 1. The van der Waals surface area contributed by atoms with Gasteiger partial charge in [0.05, 0.1) is 6.10 Å². The van der Waals surface area contributed by atoms with E-state index in [0.717, 1.165) is 0 Å². The molecule has 0 spiro atoms. The van der Waals surface area contributed by atoms with Gasteiger partial charge in [0.15, 0.2) is 6.29 Å². The average molecular weight is 294 g/mol. The molecule has 1 saturated heterocycles. The molecule has 0 aromatic carbocycles. The Balaban J connectivity index is 2.32. The Labute approximate surface area is 116 Å². The van der Waals surface area contributed by atoms with Crippen LogP contribution in [-0.2, 0) is 14.3 Å². The highest BCUT2D eigenvalue weighted by atomic mass is 16.6. The van der Waals surface area contributed by atoms with Crippen LogP contribution >= 0.6 is 0 Å². The van der Waals surface area contributed by atoms with Gasteiger partial charge in [-0.3, -0.25) is 4.79 Å². The van der Waals surface area contributed by atoms with Crippen molar-refractivity contribution in [2.45, 2.75) is 63.0 Å². The molecule has 8 nitrogen and oxygen atoms in total. The van der Waals surface area contributed by atoms with E-state index in [4.69, 9.17) is 14.6 Å². The summed E-state index contributed by atoms with van der Waals surface area (Å²) < 4.78 is 9.71. The summed E-state index contributed by atoms with van der Waals surface area (Å²) in [5.74, 6) is -0.531. The van der Waals surface area contributed by atoms with Crippen molar-refractivity contribution in [2.24, 2.45) is 0 Å². The number of hydrogen-bond acceptors (Lipinski definition) is 8. The molecule has 1 fully saturated rings. The lowest BCUT2D eigenvalue weighted by molar-refractivity contribution is -0.287. The molecule has 0 aromatic heterocycles. The number of aliphatic hydroxyl groups is 5. The zero-order valence-corrected chi connectivity index (χ0v) is 11.3. The Kier molecular flexibility index (Phi) is 6.80. The number of aliphatic hydroxyl groups excluding tert-OH is 5. The van der Waals surface area contributed by atoms with Crippen LogP contribution in [0.3, 0.4) is 0 Å². The number of ether oxygens (including phenoxy) is 2. The SMILES string of the molecule is CC(O)CCCC(=O)OCC1OC(O)C(O)C(O)C1O. The summed E-state index contributed by atoms with van der Waals surface area (Å²) in [4.78, 5) is 11.4. The van der Waals surface area contributed by atoms with Gasteiger partial charge in [-0.15, -0.1) is 0 Å². The van der Waals surface area contributed by atoms with Gasteiger partial charge in [-0.05, 0) is 19.8 Å². The van der Waals surface area contributed by atoms with E-state index in [-0.39, 0.29) is 13.0 Å². The highest BCUT2D eigenvalue weighted by Crippen LogP contribution is 2.20. The molecule has 1 heterocycles. The lowest BCUT2D eigenvalue weighted by Crippen LogP contribution is -2.58. The van der Waals surface area contributed by atoms with Crippen molar-refractivity contribution in [3.05, 3.63) is 0 Å². The molecule has 118 valence electrons. The Morgan fingerprint density at radius 3 is 2.45 bits per heavy atom. The summed E-state index contributed by atoms with van der Waals surface area (Å²) >= 11 is 0. The molecular formula is C12H22O8. The van der Waals surface area contributed by atoms with E-state index in [1.807, 2.05) is 0 Å². The number of rotatable bonds is 6. The Morgan fingerprint density at radius 2 is 1.85 bits per heavy atom. The molecule has 5 N–H and O–H groups in total. The normalized spacial score (nSPS) is 35.6. The lowest BCUT2D eigenvalue weighted by atomic mass is 9.99. The maximum absolute atomic E-state index is 11.4. The van der Waals surface area contributed by atoms with Gasteiger partial charge < -0.3 is 35.0 Å². The molecule has 1 aliphatic heterocycles. The zero-order valence-electron chi connectivity index (χ0n) is 11.3. The van der Waals surface area contributed by atoms with Gasteiger partial charge in [-0.1, -0.05) is 0 Å². The first-order chi connectivity index (χ1) is 9.32. The van der Waals surface area contributed by atoms with Gasteiger partial charge >= 0.3 is 5.97 Å². The van der Waals surface area contributed by atoms with Crippen LogP contribution in [0, 0.1) is 0 Å². The van der Waals surface area contributed by atoms with E-state index >= 15 is 0 Å². The molecule has 6 atom stereocenters. The summed E-state index contributed by atoms with van der Waals surface area (Å²) in [6.45, 7) is 1.28. The summed E-state index contributed by atoms with van der Waals surface area (Å²) in [5, 5.41) is 46.7. The third-order valence-electron chi connectivity index (χ3n) is 3.10. The van der Waals surface area contributed by atoms with Crippen molar-refractivity contribution in [1.29, 1.82) is 0 Å². The molecule has 20 heavy (non-hydrogen) atoms. The molecule has 0 radical (unpaired) electrons. The molecule has 0 bridgehead atoms. The smallest absolute Gasteiger partial charge is 0.305 e. The minimum Gasteiger partial charge on any atom is -0.463 e. The second-order valence-corrected chi connectivity index (χ2v) is 4.96. The summed E-state index contributed by atoms with van der Waals surface area (Å²) in [7, 11) is 0. The standard InChI is InChI=1S/C12H22O8/c1-6(13)3-2-4-8(14)19-5-7-9(15)10(16)11(17)12(18)20-7/h6-7,9-13,15-18H,2-5H2,1H3. The van der Waals surface area contributed by atoms with Crippen molar-refractivity contribution in [2.75, 3.05) is 6.61 Å². The van der Waals surface area contributed by atoms with Crippen LogP contribution in [0.4, 0.5) is 0 Å². The van der Waals surface area contributed by atoms with Crippen LogP contribution in [0.5, 0.6) is 0 Å². The van der Waals surface area contributed by atoms with Crippen LogP contribution in [-0.4, -0.2) is 74.9 Å². The number of carbonyl (C=O) groups is 1. The fourth-order valence-electron chi connectivity index (χ4n) is 1.86. The van der Waals surface area contributed by atoms with E-state index in [0.29, 0.717) is 12.8 Å². The molecule has 6 unspecified atom stereocenters. The topological polar surface area (TPSA) is 137 Å². The Hall–Kier alpha value is -0.770. The van der Waals surface area contributed by atoms with Crippen molar-refractivity contribution < 1.29 is 39.8 Å². The second kappa shape index (κ2) is 7.87. The van der Waals surface area contributed by atoms with Crippen LogP contribution in [0.15, 0.2) is 0 Å². The van der Waals surface area contributed by atoms with Gasteiger partial charge in [-0.2, -0.15) is 0 Å². The summed E-state index contributed by atoms with van der Waals surface area (Å²) in [5.41, 5.74) is 0. The second-order valence-electron chi connectivity index (χ2n) is 4.96. The highest BCUT2D eigenvalue weighted by molar-refractivity contribution is 5.69. The van der Waals surface area contributed by atoms with E-state index in [1.165, 1.54) is 0 Å². The maximum atomic E-state index is 11.4. The van der Waals surface area contributed by atoms with Crippen LogP contribution in [0.2, 0.25) is 0 Å². The minimum atomic E-state index is -1.65. The first-order valence-electron chi connectivity index (χ1n) is 6.54. The van der Waals surface area contributed by atoms with Gasteiger partial charge in [0.1, 0.15) is 31.0 Å². The zero-order chi connectivity index (χ0) is 15.3. The third-order valence-corrected chi connectivity index (χ3v) is 3.10. The van der Waals surface area contributed by atoms with E-state index < -0.39 is 42.8 Å². The van der Waals surface area contributed by atoms with Crippen molar-refractivity contribution in [1.82, 2.24) is 0 Å². The van der Waals surface area contributed by atoms with Crippen LogP contribution < -0.4 is 0 Å². The summed E-state index contributed by atoms with van der Waals surface area (Å²) in [6, 6.07) is 0. The molecular weight excluding hydrogens is 272 g/mol. The number of hydrogen-bond donors (Lipinski definition) is 5. The molecule has 8 heteroatoms. The van der Waals surface area contributed by atoms with Gasteiger partial charge in [0.25, 0.3) is 0 Å². The van der Waals surface area contributed by atoms with Gasteiger partial charge in [0, 0.05) is 6.42 Å². The van der Waals surface area contributed by atoms with Crippen molar-refractivity contribution in [3.63, 3.8) is 0 Å². The molecule has 0 aromatic rings.